The van der Waals surface area contributed by atoms with Gasteiger partial charge in [-0.25, -0.2) is 17.6 Å². The van der Waals surface area contributed by atoms with E-state index in [2.05, 4.69) is 4.74 Å². The highest BCUT2D eigenvalue weighted by Gasteiger charge is 2.29. The second kappa shape index (κ2) is 4.96. The molecular formula is C10H10FNO4S. The smallest absolute Gasteiger partial charge is 0.351 e. The van der Waals surface area contributed by atoms with Crippen molar-refractivity contribution >= 4 is 15.8 Å². The van der Waals surface area contributed by atoms with Crippen LogP contribution in [-0.4, -0.2) is 21.5 Å². The van der Waals surface area contributed by atoms with Crippen molar-refractivity contribution in [1.82, 2.24) is 0 Å². The summed E-state index contributed by atoms with van der Waals surface area (Å²) >= 11 is 0. The summed E-state index contributed by atoms with van der Waals surface area (Å²) in [4.78, 5) is 9.78. The molecule has 0 aliphatic carbocycles. The summed E-state index contributed by atoms with van der Waals surface area (Å²) in [5.74, 6) is -2.11. The maximum atomic E-state index is 13.3. The van der Waals surface area contributed by atoms with E-state index in [4.69, 9.17) is 5.73 Å². The second-order valence-electron chi connectivity index (χ2n) is 2.96. The normalized spacial score (nSPS) is 12.2. The lowest BCUT2D eigenvalue weighted by molar-refractivity contribution is -0.135. The number of halogens is 1. The molecule has 0 atom stereocenters. The van der Waals surface area contributed by atoms with Crippen molar-refractivity contribution in [3.05, 3.63) is 41.2 Å². The van der Waals surface area contributed by atoms with Gasteiger partial charge >= 0.3 is 5.97 Å². The SMILES string of the molecule is COC(=O)C(=CN)S(=O)(=O)c1ccccc1F. The summed E-state index contributed by atoms with van der Waals surface area (Å²) < 4.78 is 41.4. The number of carbonyl (C=O) groups excluding carboxylic acids is 1. The van der Waals surface area contributed by atoms with E-state index in [9.17, 15) is 17.6 Å². The van der Waals surface area contributed by atoms with Gasteiger partial charge in [0.15, 0.2) is 4.91 Å². The van der Waals surface area contributed by atoms with Crippen molar-refractivity contribution in [2.75, 3.05) is 7.11 Å². The van der Waals surface area contributed by atoms with E-state index in [1.165, 1.54) is 12.1 Å². The van der Waals surface area contributed by atoms with Crippen molar-refractivity contribution in [3.63, 3.8) is 0 Å². The van der Waals surface area contributed by atoms with Gasteiger partial charge in [0.1, 0.15) is 10.7 Å². The number of benzene rings is 1. The zero-order valence-corrected chi connectivity index (χ0v) is 9.70. The first-order chi connectivity index (χ1) is 7.95. The molecule has 0 saturated heterocycles. The number of hydrogen-bond acceptors (Lipinski definition) is 5. The molecule has 0 unspecified atom stereocenters. The fourth-order valence-corrected chi connectivity index (χ4v) is 2.45. The van der Waals surface area contributed by atoms with Gasteiger partial charge < -0.3 is 10.5 Å². The Balaban J connectivity index is 3.39. The predicted octanol–water partition coefficient (Wildman–Crippen LogP) is 0.572. The molecule has 92 valence electrons. The van der Waals surface area contributed by atoms with Gasteiger partial charge in [-0.2, -0.15) is 0 Å². The van der Waals surface area contributed by atoms with Gasteiger partial charge in [-0.05, 0) is 12.1 Å². The molecule has 0 aliphatic heterocycles. The summed E-state index contributed by atoms with van der Waals surface area (Å²) in [5.41, 5.74) is 5.06. The van der Waals surface area contributed by atoms with Crippen LogP contribution in [0.4, 0.5) is 4.39 Å². The first-order valence-corrected chi connectivity index (χ1v) is 5.93. The van der Waals surface area contributed by atoms with E-state index in [-0.39, 0.29) is 0 Å². The molecule has 0 aliphatic rings. The van der Waals surface area contributed by atoms with Crippen LogP contribution in [0.25, 0.3) is 0 Å². The van der Waals surface area contributed by atoms with Gasteiger partial charge in [0.25, 0.3) is 0 Å². The molecule has 2 N–H and O–H groups in total. The lowest BCUT2D eigenvalue weighted by Crippen LogP contribution is -2.17. The monoisotopic (exact) mass is 259 g/mol. The Morgan fingerprint density at radius 1 is 1.41 bits per heavy atom. The first kappa shape index (κ1) is 13.2. The molecule has 5 nitrogen and oxygen atoms in total. The van der Waals surface area contributed by atoms with Crippen LogP contribution in [0.2, 0.25) is 0 Å². The number of esters is 1. The molecular weight excluding hydrogens is 249 g/mol. The summed E-state index contributed by atoms with van der Waals surface area (Å²) in [6.07, 6.45) is 0.577. The highest BCUT2D eigenvalue weighted by Crippen LogP contribution is 2.22. The maximum absolute atomic E-state index is 13.3. The molecule has 0 saturated carbocycles. The highest BCUT2D eigenvalue weighted by atomic mass is 32.2. The average molecular weight is 259 g/mol. The molecule has 0 spiro atoms. The van der Waals surface area contributed by atoms with Gasteiger partial charge in [-0.3, -0.25) is 0 Å². The molecule has 0 aromatic heterocycles. The van der Waals surface area contributed by atoms with Crippen LogP contribution in [0.5, 0.6) is 0 Å². The van der Waals surface area contributed by atoms with Crippen LogP contribution in [0.15, 0.2) is 40.3 Å². The molecule has 1 aromatic rings. The topological polar surface area (TPSA) is 86.5 Å². The minimum Gasteiger partial charge on any atom is -0.465 e. The Bertz CT molecular complexity index is 565. The van der Waals surface area contributed by atoms with Gasteiger partial charge in [0.2, 0.25) is 9.84 Å². The Kier molecular flexibility index (Phi) is 3.84. The Hall–Kier alpha value is -1.89. The molecule has 0 fully saturated rings. The number of sulfone groups is 1. The van der Waals surface area contributed by atoms with Crippen molar-refractivity contribution in [3.8, 4) is 0 Å². The van der Waals surface area contributed by atoms with E-state index in [1.54, 1.807) is 0 Å². The fourth-order valence-electron chi connectivity index (χ4n) is 1.15. The molecule has 17 heavy (non-hydrogen) atoms. The third-order valence-electron chi connectivity index (χ3n) is 1.95. The van der Waals surface area contributed by atoms with Crippen LogP contribution in [0.3, 0.4) is 0 Å². The van der Waals surface area contributed by atoms with Gasteiger partial charge in [0, 0.05) is 6.20 Å². The molecule has 0 bridgehead atoms. The summed E-state index contributed by atoms with van der Waals surface area (Å²) in [6, 6.07) is 4.68. The Labute approximate surface area is 97.6 Å². The number of hydrogen-bond donors (Lipinski definition) is 1. The highest BCUT2D eigenvalue weighted by molar-refractivity contribution is 7.96. The van der Waals surface area contributed by atoms with Crippen molar-refractivity contribution in [2.45, 2.75) is 4.90 Å². The number of ether oxygens (including phenoxy) is 1. The fraction of sp³-hybridized carbons (Fsp3) is 0.100. The zero-order chi connectivity index (χ0) is 13.1. The number of rotatable bonds is 3. The lowest BCUT2D eigenvalue weighted by Gasteiger charge is -2.07. The molecule has 0 amide bonds. The minimum absolute atomic E-state index is 0.577. The number of carbonyl (C=O) groups is 1. The van der Waals surface area contributed by atoms with Crippen LogP contribution < -0.4 is 5.73 Å². The summed E-state index contributed by atoms with van der Waals surface area (Å²) in [6.45, 7) is 0. The van der Waals surface area contributed by atoms with Crippen molar-refractivity contribution < 1.29 is 22.3 Å². The molecule has 0 radical (unpaired) electrons. The van der Waals surface area contributed by atoms with Crippen molar-refractivity contribution in [1.29, 1.82) is 0 Å². The quantitative estimate of drug-likeness (QED) is 0.633. The zero-order valence-electron chi connectivity index (χ0n) is 8.88. The number of nitrogens with two attached hydrogens (primary N) is 1. The second-order valence-corrected chi connectivity index (χ2v) is 4.84. The Morgan fingerprint density at radius 3 is 2.47 bits per heavy atom. The molecule has 7 heteroatoms. The van der Waals surface area contributed by atoms with E-state index >= 15 is 0 Å². The largest absolute Gasteiger partial charge is 0.465 e. The van der Waals surface area contributed by atoms with Crippen molar-refractivity contribution in [2.24, 2.45) is 5.73 Å². The van der Waals surface area contributed by atoms with E-state index in [0.717, 1.165) is 19.2 Å². The van der Waals surface area contributed by atoms with Gasteiger partial charge in [-0.15, -0.1) is 0 Å². The third-order valence-corrected chi connectivity index (χ3v) is 3.75. The summed E-state index contributed by atoms with van der Waals surface area (Å²) in [5, 5.41) is 0. The van der Waals surface area contributed by atoms with Gasteiger partial charge in [0.05, 0.1) is 7.11 Å². The molecule has 0 heterocycles. The van der Waals surface area contributed by atoms with Gasteiger partial charge in [-0.1, -0.05) is 12.1 Å². The van der Waals surface area contributed by atoms with Crippen LogP contribution >= 0.6 is 0 Å². The molecule has 1 aromatic carbocycles. The predicted molar refractivity (Wildman–Crippen MR) is 57.9 cm³/mol. The maximum Gasteiger partial charge on any atom is 0.351 e. The first-order valence-electron chi connectivity index (χ1n) is 4.45. The van der Waals surface area contributed by atoms with Crippen LogP contribution in [0, 0.1) is 5.82 Å². The molecule has 1 rings (SSSR count). The average Bonchev–Trinajstić information content (AvgIpc) is 2.29. The van der Waals surface area contributed by atoms with Crippen LogP contribution in [-0.2, 0) is 19.4 Å². The lowest BCUT2D eigenvalue weighted by atomic mass is 10.3. The Morgan fingerprint density at radius 2 is 2.00 bits per heavy atom. The summed E-state index contributed by atoms with van der Waals surface area (Å²) in [7, 11) is -3.30. The third kappa shape index (κ3) is 2.44. The standard InChI is InChI=1S/C10H10FNO4S/c1-16-10(13)9(6-12)17(14,15)8-5-3-2-4-7(8)11/h2-6H,12H2,1H3. The minimum atomic E-state index is -4.31. The van der Waals surface area contributed by atoms with E-state index in [0.29, 0.717) is 6.20 Å². The van der Waals surface area contributed by atoms with E-state index in [1.807, 2.05) is 0 Å². The van der Waals surface area contributed by atoms with E-state index < -0.39 is 31.4 Å². The van der Waals surface area contributed by atoms with Crippen LogP contribution in [0.1, 0.15) is 0 Å². The number of methoxy groups -OCH3 is 1.